The minimum Gasteiger partial charge on any atom is -0.353 e. The van der Waals surface area contributed by atoms with Gasteiger partial charge in [-0.15, -0.1) is 0 Å². The molecule has 3 aliphatic carbocycles. The highest BCUT2D eigenvalue weighted by atomic mass is 32.2. The van der Waals surface area contributed by atoms with E-state index in [1.807, 2.05) is 14.0 Å². The van der Waals surface area contributed by atoms with Crippen molar-refractivity contribution in [3.63, 3.8) is 0 Å². The molecule has 1 aliphatic heterocycles. The van der Waals surface area contributed by atoms with Gasteiger partial charge in [-0.2, -0.15) is 5.48 Å². The second kappa shape index (κ2) is 10.6. The molecule has 0 radical (unpaired) electrons. The Labute approximate surface area is 197 Å². The van der Waals surface area contributed by atoms with Gasteiger partial charge >= 0.3 is 0 Å². The SMILES string of the molecule is CC1CC(N(C)C(=O)C2CCC(NC(=O)CC3CCC(S(=O)(=O)NC4CC4)CC3)CC2)NO1. The van der Waals surface area contributed by atoms with E-state index >= 15 is 0 Å². The van der Waals surface area contributed by atoms with Crippen LogP contribution in [-0.4, -0.2) is 61.8 Å². The summed E-state index contributed by atoms with van der Waals surface area (Å²) < 4.78 is 27.6. The molecule has 2 amide bonds. The van der Waals surface area contributed by atoms with Gasteiger partial charge in [0.1, 0.15) is 6.17 Å². The van der Waals surface area contributed by atoms with E-state index in [0.29, 0.717) is 19.3 Å². The van der Waals surface area contributed by atoms with Crippen molar-refractivity contribution in [2.24, 2.45) is 11.8 Å². The molecule has 0 spiro atoms. The van der Waals surface area contributed by atoms with Crippen molar-refractivity contribution >= 4 is 21.8 Å². The van der Waals surface area contributed by atoms with Crippen LogP contribution in [0.1, 0.15) is 84.0 Å². The summed E-state index contributed by atoms with van der Waals surface area (Å²) in [4.78, 5) is 32.6. The second-order valence-electron chi connectivity index (χ2n) is 10.6. The Hall–Kier alpha value is -1.23. The van der Waals surface area contributed by atoms with Crippen LogP contribution >= 0.6 is 0 Å². The predicted octanol–water partition coefficient (Wildman–Crippen LogP) is 1.79. The molecule has 3 saturated carbocycles. The molecule has 4 aliphatic rings. The van der Waals surface area contributed by atoms with Gasteiger partial charge in [-0.25, -0.2) is 13.1 Å². The number of carbonyl (C=O) groups is 2. The molecule has 0 aromatic rings. The molecule has 188 valence electrons. The van der Waals surface area contributed by atoms with Crippen LogP contribution in [0.2, 0.25) is 0 Å². The predicted molar refractivity (Wildman–Crippen MR) is 124 cm³/mol. The van der Waals surface area contributed by atoms with E-state index in [0.717, 1.165) is 57.8 Å². The molecule has 2 atom stereocenters. The van der Waals surface area contributed by atoms with Crippen molar-refractivity contribution in [2.45, 2.75) is 114 Å². The molecule has 0 bridgehead atoms. The van der Waals surface area contributed by atoms with E-state index in [1.165, 1.54) is 0 Å². The number of rotatable bonds is 8. The molecule has 1 saturated heterocycles. The zero-order chi connectivity index (χ0) is 23.6. The molecule has 1 heterocycles. The van der Waals surface area contributed by atoms with Crippen LogP contribution in [0.5, 0.6) is 0 Å². The number of amides is 2. The van der Waals surface area contributed by atoms with Crippen LogP contribution in [0.4, 0.5) is 0 Å². The maximum Gasteiger partial charge on any atom is 0.226 e. The fourth-order valence-corrected chi connectivity index (χ4v) is 7.28. The van der Waals surface area contributed by atoms with Crippen molar-refractivity contribution in [2.75, 3.05) is 7.05 Å². The fraction of sp³-hybridized carbons (Fsp3) is 0.913. The molecule has 9 nitrogen and oxygen atoms in total. The molecule has 4 fully saturated rings. The molecule has 0 aromatic heterocycles. The van der Waals surface area contributed by atoms with Gasteiger partial charge in [0.15, 0.2) is 0 Å². The molecule has 0 aromatic carbocycles. The minimum absolute atomic E-state index is 0.00216. The summed E-state index contributed by atoms with van der Waals surface area (Å²) in [5, 5.41) is 2.86. The Morgan fingerprint density at radius 1 is 0.970 bits per heavy atom. The molecular formula is C23H40N4O5S. The van der Waals surface area contributed by atoms with Crippen LogP contribution in [0.15, 0.2) is 0 Å². The lowest BCUT2D eigenvalue weighted by molar-refractivity contribution is -0.139. The third kappa shape index (κ3) is 6.68. The number of nitrogens with one attached hydrogen (secondary N) is 3. The van der Waals surface area contributed by atoms with E-state index in [2.05, 4.69) is 15.5 Å². The molecule has 10 heteroatoms. The number of hydrogen-bond donors (Lipinski definition) is 3. The first-order chi connectivity index (χ1) is 15.7. The Bertz CT molecular complexity index is 802. The second-order valence-corrected chi connectivity index (χ2v) is 12.6. The molecule has 4 rings (SSSR count). The van der Waals surface area contributed by atoms with Gasteiger partial charge in [-0.3, -0.25) is 14.4 Å². The molecule has 2 unspecified atom stereocenters. The standard InChI is InChI=1S/C23H40N4O5S/c1-15-13-21(25-32-15)27(2)23(29)17-5-7-18(8-6-17)24-22(28)14-16-3-11-20(12-4-16)33(30,31)26-19-9-10-19/h15-21,25-26H,3-14H2,1-2H3,(H,24,28). The van der Waals surface area contributed by atoms with E-state index in [-0.39, 0.29) is 53.3 Å². The smallest absolute Gasteiger partial charge is 0.226 e. The van der Waals surface area contributed by atoms with Crippen molar-refractivity contribution in [1.29, 1.82) is 0 Å². The van der Waals surface area contributed by atoms with Gasteiger partial charge in [-0.1, -0.05) is 0 Å². The summed E-state index contributed by atoms with van der Waals surface area (Å²) in [5.41, 5.74) is 2.93. The van der Waals surface area contributed by atoms with Crippen molar-refractivity contribution in [1.82, 2.24) is 20.4 Å². The monoisotopic (exact) mass is 484 g/mol. The van der Waals surface area contributed by atoms with Crippen LogP contribution in [-0.2, 0) is 24.4 Å². The summed E-state index contributed by atoms with van der Waals surface area (Å²) >= 11 is 0. The van der Waals surface area contributed by atoms with Crippen LogP contribution in [0, 0.1) is 11.8 Å². The quantitative estimate of drug-likeness (QED) is 0.484. The van der Waals surface area contributed by atoms with E-state index in [4.69, 9.17) is 4.84 Å². The minimum atomic E-state index is -3.21. The largest absolute Gasteiger partial charge is 0.353 e. The Balaban J connectivity index is 1.14. The third-order valence-electron chi connectivity index (χ3n) is 7.83. The average Bonchev–Trinajstić information content (AvgIpc) is 3.48. The fourth-order valence-electron chi connectivity index (χ4n) is 5.49. The van der Waals surface area contributed by atoms with Gasteiger partial charge in [0.25, 0.3) is 0 Å². The lowest BCUT2D eigenvalue weighted by Crippen LogP contribution is -2.47. The summed E-state index contributed by atoms with van der Waals surface area (Å²) in [6, 6.07) is 0.278. The van der Waals surface area contributed by atoms with E-state index in [9.17, 15) is 18.0 Å². The number of hydrogen-bond acceptors (Lipinski definition) is 6. The Morgan fingerprint density at radius 3 is 2.18 bits per heavy atom. The average molecular weight is 485 g/mol. The van der Waals surface area contributed by atoms with E-state index in [1.54, 1.807) is 4.90 Å². The van der Waals surface area contributed by atoms with Gasteiger partial charge in [0.2, 0.25) is 21.8 Å². The first-order valence-corrected chi connectivity index (χ1v) is 14.2. The zero-order valence-electron chi connectivity index (χ0n) is 19.9. The first kappa shape index (κ1) is 24.9. The van der Waals surface area contributed by atoms with Gasteiger partial charge in [0, 0.05) is 37.9 Å². The maximum absolute atomic E-state index is 12.8. The number of sulfonamides is 1. The summed E-state index contributed by atoms with van der Waals surface area (Å²) in [5.74, 6) is 0.471. The highest BCUT2D eigenvalue weighted by Gasteiger charge is 2.36. The normalized spacial score (nSPS) is 35.2. The number of nitrogens with zero attached hydrogens (tertiary/aromatic N) is 1. The Kier molecular flexibility index (Phi) is 7.98. The summed E-state index contributed by atoms with van der Waals surface area (Å²) in [6.07, 6.45) is 9.26. The Morgan fingerprint density at radius 2 is 1.61 bits per heavy atom. The lowest BCUT2D eigenvalue weighted by Gasteiger charge is -2.33. The third-order valence-corrected chi connectivity index (χ3v) is 9.84. The highest BCUT2D eigenvalue weighted by molar-refractivity contribution is 7.90. The summed E-state index contributed by atoms with van der Waals surface area (Å²) in [7, 11) is -1.38. The van der Waals surface area contributed by atoms with E-state index < -0.39 is 10.0 Å². The van der Waals surface area contributed by atoms with Crippen LogP contribution < -0.4 is 15.5 Å². The topological polar surface area (TPSA) is 117 Å². The maximum atomic E-state index is 12.8. The lowest BCUT2D eigenvalue weighted by atomic mass is 9.84. The summed E-state index contributed by atoms with van der Waals surface area (Å²) in [6.45, 7) is 1.99. The van der Waals surface area contributed by atoms with Gasteiger partial charge in [0.05, 0.1) is 11.4 Å². The van der Waals surface area contributed by atoms with Crippen molar-refractivity contribution in [3.8, 4) is 0 Å². The molecule has 33 heavy (non-hydrogen) atoms. The first-order valence-electron chi connectivity index (χ1n) is 12.7. The number of carbonyl (C=O) groups excluding carboxylic acids is 2. The van der Waals surface area contributed by atoms with Gasteiger partial charge in [-0.05, 0) is 77.0 Å². The van der Waals surface area contributed by atoms with Crippen molar-refractivity contribution in [3.05, 3.63) is 0 Å². The highest BCUT2D eigenvalue weighted by Crippen LogP contribution is 2.32. The van der Waals surface area contributed by atoms with Crippen LogP contribution in [0.3, 0.4) is 0 Å². The molecule has 3 N–H and O–H groups in total. The number of hydroxylamine groups is 1. The molecular weight excluding hydrogens is 444 g/mol. The van der Waals surface area contributed by atoms with Crippen molar-refractivity contribution < 1.29 is 22.8 Å². The van der Waals surface area contributed by atoms with Crippen LogP contribution in [0.25, 0.3) is 0 Å². The zero-order valence-corrected chi connectivity index (χ0v) is 20.7. The van der Waals surface area contributed by atoms with Gasteiger partial charge < -0.3 is 10.2 Å².